The molecule has 1 amide bonds. The molecule has 0 aliphatic rings. The van der Waals surface area contributed by atoms with Crippen LogP contribution in [0, 0.1) is 19.7 Å². The molecule has 3 aromatic rings. The molecule has 0 aliphatic heterocycles. The number of nitrogens with zero attached hydrogens (tertiary/aromatic N) is 2. The highest BCUT2D eigenvalue weighted by atomic mass is 79.9. The van der Waals surface area contributed by atoms with Crippen LogP contribution in [-0.4, -0.2) is 23.8 Å². The smallest absolute Gasteiger partial charge is 0.275 e. The van der Waals surface area contributed by atoms with Crippen molar-refractivity contribution in [2.75, 3.05) is 7.11 Å². The number of rotatable bonds is 5. The summed E-state index contributed by atoms with van der Waals surface area (Å²) in [6, 6.07) is 13.4. The summed E-state index contributed by atoms with van der Waals surface area (Å²) in [4.78, 5) is 12.4. The van der Waals surface area contributed by atoms with Crippen LogP contribution in [0.4, 0.5) is 4.39 Å². The summed E-state index contributed by atoms with van der Waals surface area (Å²) in [7, 11) is 1.51. The molecule has 0 spiro atoms. The predicted molar refractivity (Wildman–Crippen MR) is 111 cm³/mol. The Morgan fingerprint density at radius 3 is 2.57 bits per heavy atom. The van der Waals surface area contributed by atoms with Gasteiger partial charge < -0.3 is 9.30 Å². The number of halogens is 2. The van der Waals surface area contributed by atoms with Crippen molar-refractivity contribution in [3.63, 3.8) is 0 Å². The number of hydrogen-bond acceptors (Lipinski definition) is 3. The first-order chi connectivity index (χ1) is 13.4. The quantitative estimate of drug-likeness (QED) is 0.456. The molecule has 0 bridgehead atoms. The van der Waals surface area contributed by atoms with E-state index in [0.29, 0.717) is 11.3 Å². The van der Waals surface area contributed by atoms with Gasteiger partial charge in [0.1, 0.15) is 11.6 Å². The number of carbonyl (C=O) groups is 1. The number of aromatic nitrogens is 1. The standard InChI is InChI=1S/C21H19BrFN3O2/c1-13-10-15(14(2)26(13)18-7-5-17(23)6-8-18)12-24-25-21(27)19-11-16(22)4-9-20(19)28-3/h4-12H,1-3H3,(H,25,27). The van der Waals surface area contributed by atoms with Crippen molar-refractivity contribution in [1.29, 1.82) is 0 Å². The Morgan fingerprint density at radius 2 is 1.89 bits per heavy atom. The largest absolute Gasteiger partial charge is 0.496 e. The number of ether oxygens (including phenoxy) is 1. The van der Waals surface area contributed by atoms with E-state index in [1.807, 2.05) is 24.5 Å². The molecule has 7 heteroatoms. The maximum absolute atomic E-state index is 13.2. The summed E-state index contributed by atoms with van der Waals surface area (Å²) in [6.45, 7) is 3.90. The average Bonchev–Trinajstić information content (AvgIpc) is 2.96. The fourth-order valence-corrected chi connectivity index (χ4v) is 3.35. The van der Waals surface area contributed by atoms with Crippen LogP contribution in [0.25, 0.3) is 5.69 Å². The topological polar surface area (TPSA) is 55.6 Å². The zero-order valence-corrected chi connectivity index (χ0v) is 17.2. The Labute approximate surface area is 171 Å². The van der Waals surface area contributed by atoms with Gasteiger partial charge in [-0.05, 0) is 62.4 Å². The monoisotopic (exact) mass is 443 g/mol. The minimum absolute atomic E-state index is 0.279. The number of hydrazone groups is 1. The van der Waals surface area contributed by atoms with E-state index >= 15 is 0 Å². The van der Waals surface area contributed by atoms with Gasteiger partial charge in [-0.3, -0.25) is 4.79 Å². The van der Waals surface area contributed by atoms with Crippen LogP contribution >= 0.6 is 15.9 Å². The molecule has 1 N–H and O–H groups in total. The third kappa shape index (κ3) is 4.14. The lowest BCUT2D eigenvalue weighted by atomic mass is 10.2. The van der Waals surface area contributed by atoms with E-state index in [9.17, 15) is 9.18 Å². The van der Waals surface area contributed by atoms with Crippen molar-refractivity contribution < 1.29 is 13.9 Å². The number of methoxy groups -OCH3 is 1. The van der Waals surface area contributed by atoms with Gasteiger partial charge in [0, 0.05) is 27.1 Å². The molecule has 28 heavy (non-hydrogen) atoms. The number of aryl methyl sites for hydroxylation is 1. The van der Waals surface area contributed by atoms with Crippen LogP contribution in [0.5, 0.6) is 5.75 Å². The van der Waals surface area contributed by atoms with Crippen LogP contribution in [0.15, 0.2) is 58.1 Å². The summed E-state index contributed by atoms with van der Waals surface area (Å²) in [5.74, 6) is -0.189. The van der Waals surface area contributed by atoms with E-state index in [4.69, 9.17) is 4.74 Å². The van der Waals surface area contributed by atoms with Crippen molar-refractivity contribution >= 4 is 28.1 Å². The summed E-state index contributed by atoms with van der Waals surface area (Å²) in [6.07, 6.45) is 1.59. The van der Waals surface area contributed by atoms with Gasteiger partial charge in [-0.15, -0.1) is 0 Å². The Balaban J connectivity index is 1.80. The van der Waals surface area contributed by atoms with E-state index in [-0.39, 0.29) is 11.7 Å². The molecular formula is C21H19BrFN3O2. The molecule has 0 saturated carbocycles. The fraction of sp³-hybridized carbons (Fsp3) is 0.143. The fourth-order valence-electron chi connectivity index (χ4n) is 2.98. The first kappa shape index (κ1) is 19.8. The van der Waals surface area contributed by atoms with Crippen LogP contribution in [0.1, 0.15) is 27.3 Å². The first-order valence-corrected chi connectivity index (χ1v) is 9.32. The minimum Gasteiger partial charge on any atom is -0.496 e. The lowest BCUT2D eigenvalue weighted by molar-refractivity contribution is 0.0952. The Kier molecular flexibility index (Phi) is 5.94. The predicted octanol–water partition coefficient (Wildman–Crippen LogP) is 4.77. The van der Waals surface area contributed by atoms with Gasteiger partial charge in [0.2, 0.25) is 0 Å². The van der Waals surface area contributed by atoms with Crippen molar-refractivity contribution in [3.05, 3.63) is 81.3 Å². The molecule has 0 unspecified atom stereocenters. The van der Waals surface area contributed by atoms with Crippen molar-refractivity contribution in [2.24, 2.45) is 5.10 Å². The third-order valence-corrected chi connectivity index (χ3v) is 4.82. The Morgan fingerprint density at radius 1 is 1.18 bits per heavy atom. The van der Waals surface area contributed by atoms with Gasteiger partial charge in [-0.2, -0.15) is 5.10 Å². The SMILES string of the molecule is COc1ccc(Br)cc1C(=O)NN=Cc1cc(C)n(-c2ccc(F)cc2)c1C. The molecular weight excluding hydrogens is 425 g/mol. The molecule has 0 saturated heterocycles. The summed E-state index contributed by atoms with van der Waals surface area (Å²) < 4.78 is 21.2. The minimum atomic E-state index is -0.373. The van der Waals surface area contributed by atoms with Crippen LogP contribution in [-0.2, 0) is 0 Å². The average molecular weight is 444 g/mol. The number of nitrogens with one attached hydrogen (secondary N) is 1. The van der Waals surface area contributed by atoms with Gasteiger partial charge in [0.15, 0.2) is 0 Å². The number of hydrogen-bond donors (Lipinski definition) is 1. The maximum Gasteiger partial charge on any atom is 0.275 e. The lowest BCUT2D eigenvalue weighted by Crippen LogP contribution is -2.18. The van der Waals surface area contributed by atoms with Gasteiger partial charge in [-0.25, -0.2) is 9.82 Å². The summed E-state index contributed by atoms with van der Waals surface area (Å²) >= 11 is 3.35. The third-order valence-electron chi connectivity index (χ3n) is 4.33. The highest BCUT2D eigenvalue weighted by Gasteiger charge is 2.13. The van der Waals surface area contributed by atoms with Crippen LogP contribution in [0.2, 0.25) is 0 Å². The zero-order chi connectivity index (χ0) is 20.3. The molecule has 0 aliphatic carbocycles. The number of carbonyl (C=O) groups excluding carboxylic acids is 1. The molecule has 0 atom stereocenters. The second kappa shape index (κ2) is 8.39. The van der Waals surface area contributed by atoms with Gasteiger partial charge in [-0.1, -0.05) is 15.9 Å². The normalized spacial score (nSPS) is 11.0. The summed E-state index contributed by atoms with van der Waals surface area (Å²) in [5, 5.41) is 4.08. The van der Waals surface area contributed by atoms with E-state index in [1.165, 1.54) is 19.2 Å². The molecule has 3 rings (SSSR count). The second-order valence-corrected chi connectivity index (χ2v) is 7.10. The Hall–Kier alpha value is -2.93. The van der Waals surface area contributed by atoms with Crippen molar-refractivity contribution in [2.45, 2.75) is 13.8 Å². The van der Waals surface area contributed by atoms with Crippen LogP contribution in [0.3, 0.4) is 0 Å². The molecule has 144 valence electrons. The van der Waals surface area contributed by atoms with Crippen LogP contribution < -0.4 is 10.2 Å². The van der Waals surface area contributed by atoms with Gasteiger partial charge >= 0.3 is 0 Å². The van der Waals surface area contributed by atoms with Crippen molar-refractivity contribution in [3.8, 4) is 11.4 Å². The van der Waals surface area contributed by atoms with E-state index in [1.54, 1.807) is 36.5 Å². The number of benzene rings is 2. The Bertz CT molecular complexity index is 1040. The van der Waals surface area contributed by atoms with E-state index in [0.717, 1.165) is 27.1 Å². The van der Waals surface area contributed by atoms with E-state index in [2.05, 4.69) is 26.5 Å². The molecule has 2 aromatic carbocycles. The zero-order valence-electron chi connectivity index (χ0n) is 15.7. The van der Waals surface area contributed by atoms with Gasteiger partial charge in [0.25, 0.3) is 5.91 Å². The molecule has 5 nitrogen and oxygen atoms in total. The molecule has 1 heterocycles. The lowest BCUT2D eigenvalue weighted by Gasteiger charge is -2.09. The summed E-state index contributed by atoms with van der Waals surface area (Å²) in [5.41, 5.74) is 6.52. The molecule has 1 aromatic heterocycles. The molecule has 0 fully saturated rings. The number of amides is 1. The molecule has 0 radical (unpaired) electrons. The van der Waals surface area contributed by atoms with Gasteiger partial charge in [0.05, 0.1) is 18.9 Å². The van der Waals surface area contributed by atoms with Crippen molar-refractivity contribution in [1.82, 2.24) is 9.99 Å². The van der Waals surface area contributed by atoms with E-state index < -0.39 is 0 Å². The maximum atomic E-state index is 13.2. The first-order valence-electron chi connectivity index (χ1n) is 8.52. The highest BCUT2D eigenvalue weighted by Crippen LogP contribution is 2.23. The highest BCUT2D eigenvalue weighted by molar-refractivity contribution is 9.10. The second-order valence-electron chi connectivity index (χ2n) is 6.18.